The van der Waals surface area contributed by atoms with Crippen molar-refractivity contribution >= 4 is 40.2 Å². The fraction of sp³-hybridized carbons (Fsp3) is 0.433. The SMILES string of the molecule is CCC(=O)C(=O)N(CCc1cccc(OC)c1)C1CC(C(=O)NCCO)=CC(Oc2c(I)cc(CO)cc2OC)C1O. The maximum absolute atomic E-state index is 13.4. The van der Waals surface area contributed by atoms with E-state index in [0.29, 0.717) is 27.1 Å². The molecule has 3 unspecified atom stereocenters. The van der Waals surface area contributed by atoms with Crippen LogP contribution in [0.4, 0.5) is 0 Å². The Labute approximate surface area is 258 Å². The van der Waals surface area contributed by atoms with Gasteiger partial charge in [-0.3, -0.25) is 14.4 Å². The first-order chi connectivity index (χ1) is 20.2. The topological polar surface area (TPSA) is 155 Å². The zero-order chi connectivity index (χ0) is 30.8. The Kier molecular flexibility index (Phi) is 12.6. The third-order valence-electron chi connectivity index (χ3n) is 6.94. The molecule has 1 aliphatic carbocycles. The molecule has 3 atom stereocenters. The second-order valence-corrected chi connectivity index (χ2v) is 10.8. The zero-order valence-electron chi connectivity index (χ0n) is 23.8. The highest BCUT2D eigenvalue weighted by Crippen LogP contribution is 2.37. The molecular weight excluding hydrogens is 659 g/mol. The molecule has 4 N–H and O–H groups in total. The van der Waals surface area contributed by atoms with Crippen LogP contribution in [0.25, 0.3) is 0 Å². The molecule has 3 rings (SSSR count). The molecule has 1 aliphatic rings. The van der Waals surface area contributed by atoms with E-state index in [9.17, 15) is 29.7 Å². The van der Waals surface area contributed by atoms with Crippen LogP contribution in [0, 0.1) is 3.57 Å². The Bertz CT molecular complexity index is 1300. The Morgan fingerprint density at radius 3 is 2.50 bits per heavy atom. The van der Waals surface area contributed by atoms with E-state index in [2.05, 4.69) is 5.32 Å². The molecule has 42 heavy (non-hydrogen) atoms. The first-order valence-corrected chi connectivity index (χ1v) is 14.6. The molecule has 0 aliphatic heterocycles. The van der Waals surface area contributed by atoms with Crippen LogP contribution in [0.2, 0.25) is 0 Å². The maximum Gasteiger partial charge on any atom is 0.290 e. The van der Waals surface area contributed by atoms with Crippen LogP contribution in [-0.4, -0.2) is 90.0 Å². The van der Waals surface area contributed by atoms with Crippen molar-refractivity contribution in [1.29, 1.82) is 0 Å². The predicted octanol–water partition coefficient (Wildman–Crippen LogP) is 1.77. The summed E-state index contributed by atoms with van der Waals surface area (Å²) < 4.78 is 17.6. The van der Waals surface area contributed by atoms with Crippen LogP contribution < -0.4 is 19.5 Å². The number of Topliss-reactive ketones (excluding diaryl/α,β-unsaturated/α-hetero) is 1. The number of halogens is 1. The van der Waals surface area contributed by atoms with E-state index < -0.39 is 35.8 Å². The summed E-state index contributed by atoms with van der Waals surface area (Å²) in [7, 11) is 3.00. The third-order valence-corrected chi connectivity index (χ3v) is 7.74. The fourth-order valence-corrected chi connectivity index (χ4v) is 5.49. The van der Waals surface area contributed by atoms with Crippen molar-refractivity contribution in [2.75, 3.05) is 33.9 Å². The van der Waals surface area contributed by atoms with Gasteiger partial charge in [0.1, 0.15) is 18.0 Å². The Hall–Kier alpha value is -3.20. The summed E-state index contributed by atoms with van der Waals surface area (Å²) >= 11 is 2.02. The van der Waals surface area contributed by atoms with Crippen LogP contribution in [-0.2, 0) is 27.4 Å². The lowest BCUT2D eigenvalue weighted by Crippen LogP contribution is -2.56. The van der Waals surface area contributed by atoms with Gasteiger partial charge in [0.15, 0.2) is 11.5 Å². The average molecular weight is 697 g/mol. The van der Waals surface area contributed by atoms with Gasteiger partial charge in [-0.15, -0.1) is 0 Å². The molecule has 2 aromatic carbocycles. The number of ketones is 1. The second kappa shape index (κ2) is 15.9. The highest BCUT2D eigenvalue weighted by atomic mass is 127. The monoisotopic (exact) mass is 696 g/mol. The standard InChI is InChI=1S/C30H37IN2O9/c1-4-24(36)30(39)33(10-8-18-6-5-7-21(12-18)40-2)23-15-20(29(38)32-9-11-34)16-25(27(23)37)42-28-22(31)13-19(17-35)14-26(28)41-3/h5-7,12-14,16,23,25,27,34-35,37H,4,8-11,15,17H2,1-3H3,(H,32,38). The lowest BCUT2D eigenvalue weighted by Gasteiger charge is -2.40. The number of methoxy groups -OCH3 is 2. The fourth-order valence-electron chi connectivity index (χ4n) is 4.70. The van der Waals surface area contributed by atoms with Crippen molar-refractivity contribution in [2.45, 2.75) is 51.0 Å². The van der Waals surface area contributed by atoms with Crippen molar-refractivity contribution < 1.29 is 43.9 Å². The van der Waals surface area contributed by atoms with Crippen molar-refractivity contribution in [3.8, 4) is 17.2 Å². The summed E-state index contributed by atoms with van der Waals surface area (Å²) in [5.41, 5.74) is 1.68. The zero-order valence-corrected chi connectivity index (χ0v) is 26.0. The Morgan fingerprint density at radius 1 is 1.10 bits per heavy atom. The third kappa shape index (κ3) is 8.21. The quantitative estimate of drug-likeness (QED) is 0.171. The van der Waals surface area contributed by atoms with Crippen LogP contribution in [0.15, 0.2) is 48.0 Å². The van der Waals surface area contributed by atoms with Gasteiger partial charge in [-0.25, -0.2) is 0 Å². The van der Waals surface area contributed by atoms with E-state index in [1.807, 2.05) is 40.8 Å². The van der Waals surface area contributed by atoms with Crippen LogP contribution in [0.1, 0.15) is 30.9 Å². The number of rotatable bonds is 14. The molecule has 12 heteroatoms. The highest BCUT2D eigenvalue weighted by molar-refractivity contribution is 14.1. The molecular formula is C30H37IN2O9. The van der Waals surface area contributed by atoms with E-state index >= 15 is 0 Å². The molecule has 2 aromatic rings. The van der Waals surface area contributed by atoms with Crippen LogP contribution >= 0.6 is 22.6 Å². The summed E-state index contributed by atoms with van der Waals surface area (Å²) in [5.74, 6) is -0.643. The number of hydrogen-bond donors (Lipinski definition) is 4. The van der Waals surface area contributed by atoms with Crippen molar-refractivity contribution in [3.63, 3.8) is 0 Å². The molecule has 228 valence electrons. The van der Waals surface area contributed by atoms with Crippen molar-refractivity contribution in [2.24, 2.45) is 0 Å². The lowest BCUT2D eigenvalue weighted by atomic mass is 9.87. The summed E-state index contributed by atoms with van der Waals surface area (Å²) in [5, 5.41) is 33.0. The number of amides is 2. The molecule has 0 spiro atoms. The number of aliphatic hydroxyl groups is 3. The molecule has 0 radical (unpaired) electrons. The number of carbonyl (C=O) groups is 3. The summed E-state index contributed by atoms with van der Waals surface area (Å²) in [4.78, 5) is 40.4. The normalized spacial score (nSPS) is 18.1. The summed E-state index contributed by atoms with van der Waals surface area (Å²) in [6.07, 6.45) is -0.657. The molecule has 2 amide bonds. The summed E-state index contributed by atoms with van der Waals surface area (Å²) in [6.45, 7) is 1.20. The average Bonchev–Trinajstić information content (AvgIpc) is 3.01. The van der Waals surface area contributed by atoms with Crippen LogP contribution in [0.3, 0.4) is 0 Å². The van der Waals surface area contributed by atoms with Gasteiger partial charge in [-0.2, -0.15) is 0 Å². The number of aliphatic hydroxyl groups excluding tert-OH is 3. The highest BCUT2D eigenvalue weighted by Gasteiger charge is 2.41. The summed E-state index contributed by atoms with van der Waals surface area (Å²) in [6, 6.07) is 9.63. The van der Waals surface area contributed by atoms with Gasteiger partial charge >= 0.3 is 0 Å². The first kappa shape index (κ1) is 33.3. The molecule has 0 fully saturated rings. The molecule has 0 heterocycles. The Morgan fingerprint density at radius 2 is 1.86 bits per heavy atom. The second-order valence-electron chi connectivity index (χ2n) is 9.66. The number of benzene rings is 2. The van der Waals surface area contributed by atoms with Gasteiger partial charge in [-0.1, -0.05) is 19.1 Å². The van der Waals surface area contributed by atoms with E-state index in [1.54, 1.807) is 32.2 Å². The van der Waals surface area contributed by atoms with E-state index in [4.69, 9.17) is 14.2 Å². The van der Waals surface area contributed by atoms with Crippen LogP contribution in [0.5, 0.6) is 17.2 Å². The van der Waals surface area contributed by atoms with Gasteiger partial charge in [0, 0.05) is 31.5 Å². The predicted molar refractivity (Wildman–Crippen MR) is 162 cm³/mol. The van der Waals surface area contributed by atoms with E-state index in [1.165, 1.54) is 18.1 Å². The molecule has 11 nitrogen and oxygen atoms in total. The lowest BCUT2D eigenvalue weighted by molar-refractivity contribution is -0.149. The number of hydrogen-bond acceptors (Lipinski definition) is 9. The minimum atomic E-state index is -1.32. The first-order valence-electron chi connectivity index (χ1n) is 13.6. The minimum Gasteiger partial charge on any atom is -0.497 e. The van der Waals surface area contributed by atoms with Gasteiger partial charge in [0.2, 0.25) is 11.7 Å². The molecule has 0 bridgehead atoms. The number of ether oxygens (including phenoxy) is 3. The van der Waals surface area contributed by atoms with Crippen molar-refractivity contribution in [1.82, 2.24) is 10.2 Å². The number of nitrogens with one attached hydrogen (secondary N) is 1. The largest absolute Gasteiger partial charge is 0.497 e. The van der Waals surface area contributed by atoms with E-state index in [-0.39, 0.29) is 50.5 Å². The molecule has 0 saturated carbocycles. The maximum atomic E-state index is 13.4. The van der Waals surface area contributed by atoms with Gasteiger partial charge in [0.05, 0.1) is 37.0 Å². The number of nitrogens with zero attached hydrogens (tertiary/aromatic N) is 1. The van der Waals surface area contributed by atoms with E-state index in [0.717, 1.165) is 5.56 Å². The minimum absolute atomic E-state index is 0.00999. The van der Waals surface area contributed by atoms with Gasteiger partial charge in [-0.05, 0) is 70.5 Å². The molecule has 0 aromatic heterocycles. The van der Waals surface area contributed by atoms with Crippen molar-refractivity contribution in [3.05, 3.63) is 62.7 Å². The van der Waals surface area contributed by atoms with Gasteiger partial charge < -0.3 is 39.7 Å². The smallest absolute Gasteiger partial charge is 0.290 e. The molecule has 0 saturated heterocycles. The Balaban J connectivity index is 2.02. The van der Waals surface area contributed by atoms with Gasteiger partial charge in [0.25, 0.3) is 5.91 Å². The number of carbonyl (C=O) groups excluding carboxylic acids is 3.